The Morgan fingerprint density at radius 1 is 1.19 bits per heavy atom. The molecule has 8 nitrogen and oxygen atoms in total. The number of hydrogen-bond acceptors (Lipinski definition) is 6. The number of nitrogens with zero attached hydrogens (tertiary/aromatic N) is 3. The molecular weight excluding hydrogens is 466 g/mol. The fourth-order valence-electron chi connectivity index (χ4n) is 5.72. The Labute approximate surface area is 218 Å². The van der Waals surface area contributed by atoms with E-state index >= 15 is 0 Å². The molecule has 0 bridgehead atoms. The van der Waals surface area contributed by atoms with E-state index < -0.39 is 5.54 Å². The van der Waals surface area contributed by atoms with Crippen molar-refractivity contribution in [3.63, 3.8) is 0 Å². The van der Waals surface area contributed by atoms with Gasteiger partial charge in [-0.25, -0.2) is 4.99 Å². The van der Waals surface area contributed by atoms with E-state index in [2.05, 4.69) is 36.1 Å². The molecule has 2 amide bonds. The molecule has 2 aliphatic heterocycles. The summed E-state index contributed by atoms with van der Waals surface area (Å²) in [6.07, 6.45) is 5.07. The second-order valence-electron chi connectivity index (χ2n) is 11.8. The molecular formula is C29H37N5O3. The molecule has 3 heterocycles. The quantitative estimate of drug-likeness (QED) is 0.616. The summed E-state index contributed by atoms with van der Waals surface area (Å²) in [5, 5.41) is 3.32. The van der Waals surface area contributed by atoms with Gasteiger partial charge in [0.25, 0.3) is 0 Å². The zero-order chi connectivity index (χ0) is 26.5. The molecule has 0 spiro atoms. The molecule has 1 aromatic heterocycles. The van der Waals surface area contributed by atoms with Gasteiger partial charge >= 0.3 is 0 Å². The number of nitrogens with one attached hydrogen (secondary N) is 1. The van der Waals surface area contributed by atoms with Crippen molar-refractivity contribution in [2.75, 3.05) is 0 Å². The number of para-hydroxylation sites is 1. The molecule has 1 saturated carbocycles. The highest BCUT2D eigenvalue weighted by Crippen LogP contribution is 2.52. The fraction of sp³-hybridized carbons (Fsp3) is 0.517. The maximum absolute atomic E-state index is 13.6. The molecule has 196 valence electrons. The van der Waals surface area contributed by atoms with Crippen LogP contribution in [0.5, 0.6) is 5.75 Å². The lowest BCUT2D eigenvalue weighted by Crippen LogP contribution is -2.52. The first-order valence-corrected chi connectivity index (χ1v) is 13.1. The van der Waals surface area contributed by atoms with E-state index in [0.717, 1.165) is 16.9 Å². The highest BCUT2D eigenvalue weighted by atomic mass is 16.5. The molecule has 2 aromatic rings. The minimum atomic E-state index is -0.545. The summed E-state index contributed by atoms with van der Waals surface area (Å²) in [6, 6.07) is 11.2. The second kappa shape index (κ2) is 9.15. The minimum Gasteiger partial charge on any atom is -0.487 e. The second-order valence-corrected chi connectivity index (χ2v) is 11.8. The first kappa shape index (κ1) is 25.2. The number of hydrogen-bond donors (Lipinski definition) is 2. The summed E-state index contributed by atoms with van der Waals surface area (Å²) >= 11 is 0. The van der Waals surface area contributed by atoms with E-state index in [1.165, 1.54) is 0 Å². The number of aromatic nitrogens is 1. The van der Waals surface area contributed by atoms with Gasteiger partial charge in [-0.1, -0.05) is 38.1 Å². The number of nitrogens with two attached hydrogens (primary N) is 1. The third-order valence-electron chi connectivity index (χ3n) is 8.19. The largest absolute Gasteiger partial charge is 0.487 e. The van der Waals surface area contributed by atoms with Crippen LogP contribution >= 0.6 is 0 Å². The first-order valence-electron chi connectivity index (χ1n) is 13.1. The predicted octanol–water partition coefficient (Wildman–Crippen LogP) is 4.14. The van der Waals surface area contributed by atoms with Gasteiger partial charge in [-0.05, 0) is 56.7 Å². The molecule has 5 atom stereocenters. The van der Waals surface area contributed by atoms with Crippen LogP contribution in [-0.4, -0.2) is 38.8 Å². The Morgan fingerprint density at radius 3 is 2.62 bits per heavy atom. The average Bonchev–Trinajstić information content (AvgIpc) is 3.62. The van der Waals surface area contributed by atoms with Crippen LogP contribution in [0.15, 0.2) is 53.8 Å². The van der Waals surface area contributed by atoms with Crippen LogP contribution in [0.1, 0.15) is 77.1 Å². The molecule has 3 N–H and O–H groups in total. The van der Waals surface area contributed by atoms with Gasteiger partial charge in [0.1, 0.15) is 11.4 Å². The van der Waals surface area contributed by atoms with Crippen molar-refractivity contribution >= 4 is 17.8 Å². The molecule has 0 radical (unpaired) electrons. The number of aliphatic imine (C=N–C) groups is 1. The Bertz CT molecular complexity index is 1230. The van der Waals surface area contributed by atoms with Crippen LogP contribution in [-0.2, 0) is 9.59 Å². The molecule has 1 aliphatic carbocycles. The summed E-state index contributed by atoms with van der Waals surface area (Å²) in [6.45, 7) is 10.2. The number of amides is 2. The minimum absolute atomic E-state index is 0.00741. The van der Waals surface area contributed by atoms with E-state index in [0.29, 0.717) is 12.8 Å². The van der Waals surface area contributed by atoms with Crippen molar-refractivity contribution < 1.29 is 14.3 Å². The van der Waals surface area contributed by atoms with Gasteiger partial charge in [-0.3, -0.25) is 19.5 Å². The number of fused-ring (bicyclic) bond motifs is 1. The maximum Gasteiger partial charge on any atom is 0.232 e. The Balaban J connectivity index is 1.40. The summed E-state index contributed by atoms with van der Waals surface area (Å²) in [5.41, 5.74) is 7.28. The highest BCUT2D eigenvalue weighted by molar-refractivity contribution is 5.99. The van der Waals surface area contributed by atoms with Crippen molar-refractivity contribution in [2.24, 2.45) is 28.5 Å². The molecule has 3 aliphatic rings. The first-order chi connectivity index (χ1) is 17.5. The summed E-state index contributed by atoms with van der Waals surface area (Å²) in [7, 11) is 0. The van der Waals surface area contributed by atoms with E-state index in [1.807, 2.05) is 50.2 Å². The van der Waals surface area contributed by atoms with Gasteiger partial charge in [0.2, 0.25) is 11.8 Å². The van der Waals surface area contributed by atoms with Gasteiger partial charge in [-0.2, -0.15) is 0 Å². The van der Waals surface area contributed by atoms with Crippen LogP contribution in [0.25, 0.3) is 0 Å². The topological polar surface area (TPSA) is 110 Å². The smallest absolute Gasteiger partial charge is 0.232 e. The van der Waals surface area contributed by atoms with Gasteiger partial charge in [0.15, 0.2) is 5.96 Å². The van der Waals surface area contributed by atoms with Gasteiger partial charge in [0.05, 0.1) is 24.0 Å². The van der Waals surface area contributed by atoms with E-state index in [1.54, 1.807) is 17.3 Å². The van der Waals surface area contributed by atoms with Gasteiger partial charge in [0, 0.05) is 30.3 Å². The van der Waals surface area contributed by atoms with E-state index in [9.17, 15) is 9.59 Å². The summed E-state index contributed by atoms with van der Waals surface area (Å²) in [4.78, 5) is 37.3. The number of benzene rings is 1. The van der Waals surface area contributed by atoms with E-state index in [4.69, 9.17) is 10.5 Å². The SMILES string of the molecule is CC(C)C1(C)C[C@H](NC(=O)[C@H]2C[C@@H]2[C@@H](c2cccnc2)N2C(=O)CC(C)(C)N=C2N)c2ccccc2O1. The normalized spacial score (nSPS) is 29.1. The standard InChI is InChI=1S/C29H37N5O3/c1-17(2)29(5)14-22(19-10-6-7-11-23(19)37-29)32-26(36)21-13-20(21)25(18-9-8-12-31-16-18)34-24(35)15-28(3,4)33-27(34)30/h6-12,16-17,20-22,25H,13-15H2,1-5H3,(H2,30,33)(H,32,36)/t20-,21-,22-,25+,29?/m0/s1. The molecule has 1 fully saturated rings. The van der Waals surface area contributed by atoms with Crippen LogP contribution in [0.4, 0.5) is 0 Å². The monoisotopic (exact) mass is 503 g/mol. The average molecular weight is 504 g/mol. The van der Waals surface area contributed by atoms with Crippen molar-refractivity contribution in [3.8, 4) is 5.75 Å². The van der Waals surface area contributed by atoms with Gasteiger partial charge < -0.3 is 15.8 Å². The molecule has 0 saturated heterocycles. The maximum atomic E-state index is 13.6. The Hall–Kier alpha value is -3.42. The molecule has 1 unspecified atom stereocenters. The Morgan fingerprint density at radius 2 is 1.95 bits per heavy atom. The third-order valence-corrected chi connectivity index (χ3v) is 8.19. The number of carbonyl (C=O) groups is 2. The van der Waals surface area contributed by atoms with Crippen LogP contribution < -0.4 is 15.8 Å². The molecule has 5 rings (SSSR count). The fourth-order valence-corrected chi connectivity index (χ4v) is 5.72. The van der Waals surface area contributed by atoms with Crippen molar-refractivity contribution in [2.45, 2.75) is 77.1 Å². The molecule has 8 heteroatoms. The molecule has 1 aromatic carbocycles. The number of rotatable bonds is 6. The highest BCUT2D eigenvalue weighted by Gasteiger charge is 2.53. The predicted molar refractivity (Wildman–Crippen MR) is 142 cm³/mol. The summed E-state index contributed by atoms with van der Waals surface area (Å²) < 4.78 is 6.38. The lowest BCUT2D eigenvalue weighted by Gasteiger charge is -2.43. The number of guanidine groups is 1. The lowest BCUT2D eigenvalue weighted by molar-refractivity contribution is -0.132. The number of pyridine rings is 1. The van der Waals surface area contributed by atoms with E-state index in [-0.39, 0.29) is 59.6 Å². The number of carbonyl (C=O) groups excluding carboxylic acids is 2. The van der Waals surface area contributed by atoms with Crippen LogP contribution in [0.2, 0.25) is 0 Å². The summed E-state index contributed by atoms with van der Waals surface area (Å²) in [5.74, 6) is 0.903. The molecule has 37 heavy (non-hydrogen) atoms. The van der Waals surface area contributed by atoms with Gasteiger partial charge in [-0.15, -0.1) is 0 Å². The van der Waals surface area contributed by atoms with Crippen molar-refractivity contribution in [3.05, 3.63) is 59.9 Å². The Kier molecular flexibility index (Phi) is 6.24. The third kappa shape index (κ3) is 4.81. The number of ether oxygens (including phenoxy) is 1. The van der Waals surface area contributed by atoms with Crippen molar-refractivity contribution in [1.29, 1.82) is 0 Å². The van der Waals surface area contributed by atoms with Crippen molar-refractivity contribution in [1.82, 2.24) is 15.2 Å². The zero-order valence-corrected chi connectivity index (χ0v) is 22.3. The zero-order valence-electron chi connectivity index (χ0n) is 22.3. The lowest BCUT2D eigenvalue weighted by atomic mass is 9.81. The van der Waals surface area contributed by atoms with Crippen LogP contribution in [0.3, 0.4) is 0 Å². The van der Waals surface area contributed by atoms with Crippen LogP contribution in [0, 0.1) is 17.8 Å².